The molecule has 0 unspecified atom stereocenters. The van der Waals surface area contributed by atoms with E-state index in [2.05, 4.69) is 5.92 Å². The molecule has 0 fully saturated rings. The van der Waals surface area contributed by atoms with Gasteiger partial charge in [0.05, 0.1) is 0 Å². The van der Waals surface area contributed by atoms with Crippen molar-refractivity contribution in [2.45, 2.75) is 4.90 Å². The van der Waals surface area contributed by atoms with Crippen molar-refractivity contribution in [3.8, 4) is 17.7 Å². The summed E-state index contributed by atoms with van der Waals surface area (Å²) in [5.41, 5.74) is 0.938. The Labute approximate surface area is 106 Å². The Balaban J connectivity index is 0.000000171. The second kappa shape index (κ2) is 8.05. The predicted octanol–water partition coefficient (Wildman–Crippen LogP) is 3.93. The topological polar surface area (TPSA) is 23.8 Å². The van der Waals surface area contributed by atoms with E-state index in [1.165, 1.54) is 11.8 Å². The lowest BCUT2D eigenvalue weighted by Crippen LogP contribution is -1.66. The van der Waals surface area contributed by atoms with Crippen LogP contribution in [0.15, 0.2) is 65.6 Å². The zero-order valence-corrected chi connectivity index (χ0v) is 10.0. The number of hydrogen-bond donors (Lipinski definition) is 0. The van der Waals surface area contributed by atoms with Crippen molar-refractivity contribution in [1.29, 1.82) is 5.26 Å². The normalized spacial score (nSPS) is 8.12. The van der Waals surface area contributed by atoms with Crippen LogP contribution in [-0.4, -0.2) is 0 Å². The van der Waals surface area contributed by atoms with Gasteiger partial charge in [0.2, 0.25) is 0 Å². The van der Waals surface area contributed by atoms with E-state index in [4.69, 9.17) is 11.7 Å². The molecule has 2 aromatic rings. The molecular weight excluding hydrogens is 226 g/mol. The third-order valence-electron chi connectivity index (χ3n) is 1.85. The van der Waals surface area contributed by atoms with Crippen LogP contribution in [0, 0.1) is 23.0 Å². The van der Waals surface area contributed by atoms with Crippen molar-refractivity contribution in [2.24, 2.45) is 0 Å². The number of nitriles is 1. The Morgan fingerprint density at radius 3 is 1.82 bits per heavy atom. The summed E-state index contributed by atoms with van der Waals surface area (Å²) in [6, 6.07) is 19.2. The monoisotopic (exact) mass is 237 g/mol. The standard InChI is InChI=1S/C8H6.C7H5NS/c1-2-8-6-4-3-5-7-8;8-6-9-7-4-2-1-3-5-7/h1,3-7H;1-5H. The smallest absolute Gasteiger partial charge is 0.138 e. The molecule has 17 heavy (non-hydrogen) atoms. The van der Waals surface area contributed by atoms with Crippen LogP contribution < -0.4 is 0 Å². The van der Waals surface area contributed by atoms with Crippen LogP contribution in [0.4, 0.5) is 0 Å². The molecule has 2 heteroatoms. The summed E-state index contributed by atoms with van der Waals surface area (Å²) in [7, 11) is 0. The van der Waals surface area contributed by atoms with E-state index >= 15 is 0 Å². The minimum Gasteiger partial charge on any atom is -0.185 e. The van der Waals surface area contributed by atoms with Gasteiger partial charge in [0.25, 0.3) is 0 Å². The Hall–Kier alpha value is -2.16. The van der Waals surface area contributed by atoms with Gasteiger partial charge < -0.3 is 0 Å². The molecule has 0 spiro atoms. The minimum absolute atomic E-state index is 0.938. The van der Waals surface area contributed by atoms with Crippen molar-refractivity contribution in [1.82, 2.24) is 0 Å². The average Bonchev–Trinajstić information content (AvgIpc) is 2.42. The molecule has 0 heterocycles. The van der Waals surface area contributed by atoms with Gasteiger partial charge in [-0.25, -0.2) is 0 Å². The maximum Gasteiger partial charge on any atom is 0.138 e. The number of rotatable bonds is 1. The predicted molar refractivity (Wildman–Crippen MR) is 72.3 cm³/mol. The van der Waals surface area contributed by atoms with Crippen LogP contribution in [0.5, 0.6) is 0 Å². The lowest BCUT2D eigenvalue weighted by molar-refractivity contribution is 1.47. The van der Waals surface area contributed by atoms with Gasteiger partial charge in [0.1, 0.15) is 5.40 Å². The average molecular weight is 237 g/mol. The lowest BCUT2D eigenvalue weighted by Gasteiger charge is -1.86. The molecule has 1 nitrogen and oxygen atoms in total. The highest BCUT2D eigenvalue weighted by molar-refractivity contribution is 8.03. The molecule has 2 rings (SSSR count). The third kappa shape index (κ3) is 5.47. The summed E-state index contributed by atoms with van der Waals surface area (Å²) in [5.74, 6) is 2.53. The largest absolute Gasteiger partial charge is 0.185 e. The number of terminal acetylenes is 1. The molecular formula is C15H11NS. The van der Waals surface area contributed by atoms with Crippen LogP contribution in [0.2, 0.25) is 0 Å². The van der Waals surface area contributed by atoms with Crippen LogP contribution in [0.3, 0.4) is 0 Å². The molecule has 82 valence electrons. The van der Waals surface area contributed by atoms with E-state index in [9.17, 15) is 0 Å². The SMILES string of the molecule is C#Cc1ccccc1.N#CSc1ccccc1. The summed E-state index contributed by atoms with van der Waals surface area (Å²) in [5, 5.41) is 10.2. The van der Waals surface area contributed by atoms with Crippen molar-refractivity contribution in [3.63, 3.8) is 0 Å². The molecule has 0 saturated carbocycles. The van der Waals surface area contributed by atoms with E-state index in [-0.39, 0.29) is 0 Å². The van der Waals surface area contributed by atoms with Gasteiger partial charge in [-0.3, -0.25) is 0 Å². The third-order valence-corrected chi connectivity index (χ3v) is 2.45. The molecule has 0 bridgehead atoms. The molecule has 0 aliphatic heterocycles. The highest BCUT2D eigenvalue weighted by Gasteiger charge is 1.85. The van der Waals surface area contributed by atoms with Gasteiger partial charge in [0.15, 0.2) is 0 Å². The van der Waals surface area contributed by atoms with Crippen LogP contribution in [0.1, 0.15) is 5.56 Å². The van der Waals surface area contributed by atoms with Gasteiger partial charge >= 0.3 is 0 Å². The molecule has 0 aliphatic carbocycles. The highest BCUT2D eigenvalue weighted by atomic mass is 32.2. The molecule has 0 atom stereocenters. The van der Waals surface area contributed by atoms with Crippen molar-refractivity contribution in [2.75, 3.05) is 0 Å². The van der Waals surface area contributed by atoms with Crippen LogP contribution in [-0.2, 0) is 0 Å². The van der Waals surface area contributed by atoms with E-state index < -0.39 is 0 Å². The van der Waals surface area contributed by atoms with Gasteiger partial charge in [-0.05, 0) is 36.0 Å². The highest BCUT2D eigenvalue weighted by Crippen LogP contribution is 2.13. The Morgan fingerprint density at radius 2 is 1.41 bits per heavy atom. The molecule has 0 amide bonds. The van der Waals surface area contributed by atoms with Gasteiger partial charge in [-0.15, -0.1) is 6.42 Å². The summed E-state index contributed by atoms with van der Waals surface area (Å²) >= 11 is 1.18. The van der Waals surface area contributed by atoms with Gasteiger partial charge in [-0.2, -0.15) is 5.26 Å². The van der Waals surface area contributed by atoms with Crippen molar-refractivity contribution < 1.29 is 0 Å². The Bertz CT molecular complexity index is 506. The minimum atomic E-state index is 0.938. The summed E-state index contributed by atoms with van der Waals surface area (Å²) in [6.45, 7) is 0. The van der Waals surface area contributed by atoms with Gasteiger partial charge in [0, 0.05) is 10.5 Å². The Morgan fingerprint density at radius 1 is 0.882 bits per heavy atom. The summed E-state index contributed by atoms with van der Waals surface area (Å²) in [4.78, 5) is 1.00. The maximum absolute atomic E-state index is 8.23. The van der Waals surface area contributed by atoms with E-state index in [0.29, 0.717) is 0 Å². The first kappa shape index (κ1) is 12.9. The number of thioether (sulfide) groups is 1. The molecule has 0 radical (unpaired) electrons. The van der Waals surface area contributed by atoms with Gasteiger partial charge in [-0.1, -0.05) is 42.3 Å². The fourth-order valence-corrected chi connectivity index (χ4v) is 1.47. The number of thiocyanates is 1. The molecule has 0 aliphatic rings. The molecule has 0 N–H and O–H groups in total. The summed E-state index contributed by atoms with van der Waals surface area (Å²) < 4.78 is 0. The second-order valence-corrected chi connectivity index (χ2v) is 3.87. The zero-order valence-electron chi connectivity index (χ0n) is 9.21. The fourth-order valence-electron chi connectivity index (χ4n) is 1.08. The fraction of sp³-hybridized carbons (Fsp3) is 0. The number of benzene rings is 2. The molecule has 2 aromatic carbocycles. The first-order valence-corrected chi connectivity index (χ1v) is 5.81. The maximum atomic E-state index is 8.23. The van der Waals surface area contributed by atoms with Crippen molar-refractivity contribution in [3.05, 3.63) is 66.2 Å². The Kier molecular flexibility index (Phi) is 6.11. The van der Waals surface area contributed by atoms with Crippen LogP contribution >= 0.6 is 11.8 Å². The lowest BCUT2D eigenvalue weighted by atomic mass is 10.2. The first-order valence-electron chi connectivity index (χ1n) is 4.99. The second-order valence-electron chi connectivity index (χ2n) is 3.02. The first-order chi connectivity index (χ1) is 8.36. The molecule has 0 saturated heterocycles. The number of hydrogen-bond acceptors (Lipinski definition) is 2. The number of nitrogens with zero attached hydrogens (tertiary/aromatic N) is 1. The zero-order chi connectivity index (χ0) is 12.3. The quantitative estimate of drug-likeness (QED) is 0.426. The van der Waals surface area contributed by atoms with Crippen molar-refractivity contribution >= 4 is 11.8 Å². The van der Waals surface area contributed by atoms with E-state index in [0.717, 1.165) is 10.5 Å². The summed E-state index contributed by atoms with van der Waals surface area (Å²) in [6.07, 6.45) is 5.10. The van der Waals surface area contributed by atoms with E-state index in [1.54, 1.807) is 0 Å². The molecule has 0 aromatic heterocycles. The van der Waals surface area contributed by atoms with E-state index in [1.807, 2.05) is 66.1 Å². The van der Waals surface area contributed by atoms with Crippen LogP contribution in [0.25, 0.3) is 0 Å².